The van der Waals surface area contributed by atoms with Crippen molar-refractivity contribution in [3.8, 4) is 0 Å². The van der Waals surface area contributed by atoms with Crippen LogP contribution in [0.25, 0.3) is 0 Å². The molecule has 0 spiro atoms. The molecule has 1 aliphatic carbocycles. The van der Waals surface area contributed by atoms with E-state index in [4.69, 9.17) is 10.5 Å². The van der Waals surface area contributed by atoms with E-state index < -0.39 is 0 Å². The van der Waals surface area contributed by atoms with Crippen molar-refractivity contribution in [1.29, 1.82) is 0 Å². The normalized spacial score (nSPS) is 45.8. The molecule has 2 aliphatic heterocycles. The minimum Gasteiger partial charge on any atom is -0.381 e. The minimum absolute atomic E-state index is 0.231. The van der Waals surface area contributed by atoms with Crippen LogP contribution >= 0.6 is 0 Å². The number of rotatable bonds is 3. The first-order chi connectivity index (χ1) is 8.68. The Morgan fingerprint density at radius 2 is 2.11 bits per heavy atom. The van der Waals surface area contributed by atoms with Gasteiger partial charge in [0.1, 0.15) is 0 Å². The van der Waals surface area contributed by atoms with Gasteiger partial charge in [0.25, 0.3) is 0 Å². The minimum atomic E-state index is 0.231. The first-order valence-corrected chi connectivity index (χ1v) is 7.42. The quantitative estimate of drug-likeness (QED) is 0.802. The van der Waals surface area contributed by atoms with Crippen LogP contribution in [0.15, 0.2) is 0 Å². The molecule has 2 saturated heterocycles. The van der Waals surface area contributed by atoms with Crippen molar-refractivity contribution in [1.82, 2.24) is 9.80 Å². The van der Waals surface area contributed by atoms with E-state index in [0.717, 1.165) is 25.4 Å². The molecule has 0 amide bonds. The van der Waals surface area contributed by atoms with E-state index in [9.17, 15) is 0 Å². The number of hydrogen-bond acceptors (Lipinski definition) is 4. The number of methoxy groups -OCH3 is 1. The lowest BCUT2D eigenvalue weighted by Crippen LogP contribution is -2.70. The summed E-state index contributed by atoms with van der Waals surface area (Å²) in [7, 11) is 1.82. The largest absolute Gasteiger partial charge is 0.381 e. The molecule has 4 nitrogen and oxygen atoms in total. The Hall–Kier alpha value is -0.160. The highest BCUT2D eigenvalue weighted by Gasteiger charge is 2.51. The van der Waals surface area contributed by atoms with Crippen molar-refractivity contribution in [3.63, 3.8) is 0 Å². The Morgan fingerprint density at radius 3 is 2.78 bits per heavy atom. The van der Waals surface area contributed by atoms with Crippen LogP contribution in [-0.2, 0) is 4.74 Å². The number of nitrogens with zero attached hydrogens (tertiary/aromatic N) is 2. The third-order valence-corrected chi connectivity index (χ3v) is 5.48. The second-order valence-corrected chi connectivity index (χ2v) is 6.49. The molecule has 3 fully saturated rings. The van der Waals surface area contributed by atoms with Gasteiger partial charge in [0, 0.05) is 44.4 Å². The molecule has 2 N–H and O–H groups in total. The predicted molar refractivity (Wildman–Crippen MR) is 72.6 cm³/mol. The van der Waals surface area contributed by atoms with E-state index in [-0.39, 0.29) is 5.54 Å². The zero-order valence-corrected chi connectivity index (χ0v) is 11.8. The molecular weight excluding hydrogens is 226 g/mol. The van der Waals surface area contributed by atoms with Crippen molar-refractivity contribution in [2.45, 2.75) is 56.3 Å². The summed E-state index contributed by atoms with van der Waals surface area (Å²) in [5, 5.41) is 0. The van der Waals surface area contributed by atoms with Crippen molar-refractivity contribution in [3.05, 3.63) is 0 Å². The topological polar surface area (TPSA) is 41.7 Å². The number of hydrogen-bond donors (Lipinski definition) is 1. The number of fused-ring (bicyclic) bond motifs is 1. The van der Waals surface area contributed by atoms with Gasteiger partial charge in [-0.25, -0.2) is 0 Å². The van der Waals surface area contributed by atoms with Crippen molar-refractivity contribution in [2.75, 3.05) is 33.3 Å². The van der Waals surface area contributed by atoms with E-state index in [1.807, 2.05) is 7.11 Å². The van der Waals surface area contributed by atoms with Gasteiger partial charge >= 0.3 is 0 Å². The first kappa shape index (κ1) is 12.9. The standard InChI is InChI=1S/C14H27N3O/c1-11-8-16-5-3-4-12(16)9-17(11)14(10-15)6-13(7-14)18-2/h11-13H,3-10,15H2,1-2H3. The lowest BCUT2D eigenvalue weighted by atomic mass is 9.71. The zero-order valence-electron chi connectivity index (χ0n) is 11.8. The van der Waals surface area contributed by atoms with Gasteiger partial charge in [-0.2, -0.15) is 0 Å². The van der Waals surface area contributed by atoms with Crippen LogP contribution in [0, 0.1) is 0 Å². The molecular formula is C14H27N3O. The summed E-state index contributed by atoms with van der Waals surface area (Å²) in [6.07, 6.45) is 5.43. The molecule has 18 heavy (non-hydrogen) atoms. The molecule has 2 heterocycles. The van der Waals surface area contributed by atoms with Gasteiger partial charge in [0.05, 0.1) is 6.10 Å². The van der Waals surface area contributed by atoms with Crippen LogP contribution < -0.4 is 5.73 Å². The van der Waals surface area contributed by atoms with Crippen LogP contribution in [0.5, 0.6) is 0 Å². The summed E-state index contributed by atoms with van der Waals surface area (Å²) in [5.41, 5.74) is 6.34. The maximum Gasteiger partial charge on any atom is 0.0607 e. The molecule has 0 radical (unpaired) electrons. The van der Waals surface area contributed by atoms with E-state index in [2.05, 4.69) is 16.7 Å². The summed E-state index contributed by atoms with van der Waals surface area (Å²) in [4.78, 5) is 5.38. The van der Waals surface area contributed by atoms with Gasteiger partial charge < -0.3 is 10.5 Å². The third kappa shape index (κ3) is 1.90. The van der Waals surface area contributed by atoms with Crippen LogP contribution in [0.2, 0.25) is 0 Å². The smallest absolute Gasteiger partial charge is 0.0607 e. The summed E-state index contributed by atoms with van der Waals surface area (Å²) < 4.78 is 5.46. The highest BCUT2D eigenvalue weighted by molar-refractivity contribution is 5.08. The Labute approximate surface area is 110 Å². The van der Waals surface area contributed by atoms with Crippen molar-refractivity contribution < 1.29 is 4.74 Å². The Balaban J connectivity index is 1.71. The van der Waals surface area contributed by atoms with Gasteiger partial charge in [-0.3, -0.25) is 9.80 Å². The molecule has 104 valence electrons. The first-order valence-electron chi connectivity index (χ1n) is 7.42. The maximum absolute atomic E-state index is 6.11. The highest BCUT2D eigenvalue weighted by Crippen LogP contribution is 2.42. The Kier molecular flexibility index (Phi) is 3.39. The molecule has 3 aliphatic rings. The van der Waals surface area contributed by atoms with Crippen LogP contribution in [-0.4, -0.2) is 66.8 Å². The van der Waals surface area contributed by atoms with E-state index in [1.54, 1.807) is 0 Å². The highest BCUT2D eigenvalue weighted by atomic mass is 16.5. The molecule has 0 aromatic rings. The second-order valence-electron chi connectivity index (χ2n) is 6.49. The van der Waals surface area contributed by atoms with E-state index in [1.165, 1.54) is 32.5 Å². The monoisotopic (exact) mass is 253 g/mol. The Bertz CT molecular complexity index is 303. The Morgan fingerprint density at radius 1 is 1.33 bits per heavy atom. The fourth-order valence-corrected chi connectivity index (χ4v) is 4.32. The number of nitrogens with two attached hydrogens (primary N) is 1. The number of piperazine rings is 1. The van der Waals surface area contributed by atoms with E-state index >= 15 is 0 Å². The summed E-state index contributed by atoms with van der Waals surface area (Å²) in [5.74, 6) is 0. The fourth-order valence-electron chi connectivity index (χ4n) is 4.32. The summed E-state index contributed by atoms with van der Waals surface area (Å²) in [6, 6.07) is 1.42. The molecule has 2 atom stereocenters. The second kappa shape index (κ2) is 4.75. The zero-order chi connectivity index (χ0) is 12.8. The van der Waals surface area contributed by atoms with Crippen LogP contribution in [0.1, 0.15) is 32.6 Å². The average Bonchev–Trinajstić information content (AvgIpc) is 2.76. The van der Waals surface area contributed by atoms with Gasteiger partial charge in [-0.05, 0) is 39.2 Å². The lowest BCUT2D eigenvalue weighted by Gasteiger charge is -2.58. The summed E-state index contributed by atoms with van der Waals surface area (Å²) in [6.45, 7) is 6.90. The lowest BCUT2D eigenvalue weighted by molar-refractivity contribution is -0.121. The predicted octanol–water partition coefficient (Wildman–Crippen LogP) is 0.661. The molecule has 4 heteroatoms. The fraction of sp³-hybridized carbons (Fsp3) is 1.00. The van der Waals surface area contributed by atoms with Crippen LogP contribution in [0.4, 0.5) is 0 Å². The van der Waals surface area contributed by atoms with E-state index in [0.29, 0.717) is 12.1 Å². The molecule has 2 unspecified atom stereocenters. The van der Waals surface area contributed by atoms with Gasteiger partial charge in [-0.1, -0.05) is 0 Å². The third-order valence-electron chi connectivity index (χ3n) is 5.48. The van der Waals surface area contributed by atoms with Crippen molar-refractivity contribution in [2.24, 2.45) is 5.73 Å². The number of ether oxygens (including phenoxy) is 1. The van der Waals surface area contributed by atoms with Gasteiger partial charge in [0.15, 0.2) is 0 Å². The average molecular weight is 253 g/mol. The van der Waals surface area contributed by atoms with Gasteiger partial charge in [-0.15, -0.1) is 0 Å². The molecule has 0 aromatic carbocycles. The molecule has 3 rings (SSSR count). The molecule has 0 bridgehead atoms. The maximum atomic E-state index is 6.11. The summed E-state index contributed by atoms with van der Waals surface area (Å²) >= 11 is 0. The SMILES string of the molecule is COC1CC(CN)(N2CC3CCCN3CC2C)C1. The van der Waals surface area contributed by atoms with Crippen LogP contribution in [0.3, 0.4) is 0 Å². The molecule has 1 saturated carbocycles. The van der Waals surface area contributed by atoms with Crippen molar-refractivity contribution >= 4 is 0 Å². The molecule has 0 aromatic heterocycles. The van der Waals surface area contributed by atoms with Gasteiger partial charge in [0.2, 0.25) is 0 Å².